The predicted octanol–water partition coefficient (Wildman–Crippen LogP) is -0.149. The Morgan fingerprint density at radius 2 is 1.94 bits per heavy atom. The fraction of sp³-hybridized carbons (Fsp3) is 0.500. The molecule has 1 aromatic rings. The van der Waals surface area contributed by atoms with Crippen LogP contribution in [0.5, 0.6) is 0 Å². The van der Waals surface area contributed by atoms with E-state index in [0.717, 1.165) is 0 Å². The van der Waals surface area contributed by atoms with E-state index in [1.165, 1.54) is 12.4 Å². The molecule has 0 saturated heterocycles. The predicted molar refractivity (Wildman–Crippen MR) is 57.6 cm³/mol. The van der Waals surface area contributed by atoms with Gasteiger partial charge in [0.1, 0.15) is 6.10 Å². The molecule has 0 spiro atoms. The summed E-state index contributed by atoms with van der Waals surface area (Å²) in [4.78, 5) is 9.73. The van der Waals surface area contributed by atoms with Crippen LogP contribution < -0.4 is 4.90 Å². The summed E-state index contributed by atoms with van der Waals surface area (Å²) in [6.07, 6.45) is 0.507. The van der Waals surface area contributed by atoms with Gasteiger partial charge in [-0.3, -0.25) is 0 Å². The number of hydrogen-bond acceptors (Lipinski definition) is 6. The third-order valence-electron chi connectivity index (χ3n) is 2.06. The average molecular weight is 222 g/mol. The molecule has 1 aromatic heterocycles. The zero-order valence-corrected chi connectivity index (χ0v) is 9.20. The number of aliphatic hydroxyl groups excluding tert-OH is 2. The van der Waals surface area contributed by atoms with Crippen LogP contribution >= 0.6 is 0 Å². The molecular weight excluding hydrogens is 208 g/mol. The Kier molecular flexibility index (Phi) is 4.17. The van der Waals surface area contributed by atoms with Crippen molar-refractivity contribution in [3.05, 3.63) is 18.0 Å². The van der Waals surface area contributed by atoms with Gasteiger partial charge in [-0.15, -0.1) is 0 Å². The van der Waals surface area contributed by atoms with Crippen LogP contribution in [0.4, 0.5) is 5.95 Å². The van der Waals surface area contributed by atoms with Crippen molar-refractivity contribution < 1.29 is 10.2 Å². The highest BCUT2D eigenvalue weighted by Crippen LogP contribution is 2.17. The standard InChI is InChI=1S/C10H14N4O2/c1-14(2)10-12-5-7(6-13-10)9(16)8(15)3-4-11/h5-6,8-9,15-16H,3H2,1-2H3. The summed E-state index contributed by atoms with van der Waals surface area (Å²) in [6.45, 7) is 0. The van der Waals surface area contributed by atoms with Crippen molar-refractivity contribution in [2.24, 2.45) is 0 Å². The van der Waals surface area contributed by atoms with E-state index < -0.39 is 12.2 Å². The summed E-state index contributed by atoms with van der Waals surface area (Å²) in [5, 5.41) is 27.5. The summed E-state index contributed by atoms with van der Waals surface area (Å²) in [5.41, 5.74) is 0.397. The Labute approximate surface area is 93.8 Å². The molecule has 6 heteroatoms. The highest BCUT2D eigenvalue weighted by Gasteiger charge is 2.18. The van der Waals surface area contributed by atoms with Crippen molar-refractivity contribution >= 4 is 5.95 Å². The van der Waals surface area contributed by atoms with Crippen molar-refractivity contribution in [2.45, 2.75) is 18.6 Å². The fourth-order valence-electron chi connectivity index (χ4n) is 1.14. The van der Waals surface area contributed by atoms with Crippen molar-refractivity contribution in [2.75, 3.05) is 19.0 Å². The van der Waals surface area contributed by atoms with Crippen LogP contribution in [0.3, 0.4) is 0 Å². The van der Waals surface area contributed by atoms with Crippen LogP contribution in [0.2, 0.25) is 0 Å². The Hall–Kier alpha value is -1.71. The Morgan fingerprint density at radius 1 is 1.38 bits per heavy atom. The number of aromatic nitrogens is 2. The van der Waals surface area contributed by atoms with Gasteiger partial charge >= 0.3 is 0 Å². The Morgan fingerprint density at radius 3 is 2.38 bits per heavy atom. The summed E-state index contributed by atoms with van der Waals surface area (Å²) in [5.74, 6) is 0.519. The highest BCUT2D eigenvalue weighted by molar-refractivity contribution is 5.27. The van der Waals surface area contributed by atoms with E-state index in [1.807, 2.05) is 0 Å². The number of rotatable bonds is 4. The van der Waals surface area contributed by atoms with Gasteiger partial charge < -0.3 is 15.1 Å². The molecule has 0 aliphatic rings. The first-order valence-electron chi connectivity index (χ1n) is 4.78. The number of nitrogens with zero attached hydrogens (tertiary/aromatic N) is 4. The number of aliphatic hydroxyl groups is 2. The zero-order valence-electron chi connectivity index (χ0n) is 9.20. The van der Waals surface area contributed by atoms with Gasteiger partial charge in [0, 0.05) is 32.1 Å². The average Bonchev–Trinajstić information content (AvgIpc) is 2.28. The van der Waals surface area contributed by atoms with Gasteiger partial charge in [-0.1, -0.05) is 0 Å². The van der Waals surface area contributed by atoms with Crippen LogP contribution in [0.15, 0.2) is 12.4 Å². The van der Waals surface area contributed by atoms with Gasteiger partial charge in [0.05, 0.1) is 18.6 Å². The van der Waals surface area contributed by atoms with E-state index >= 15 is 0 Å². The summed E-state index contributed by atoms with van der Waals surface area (Å²) < 4.78 is 0. The SMILES string of the molecule is CN(C)c1ncc(C(O)C(O)CC#N)cn1. The molecule has 1 rings (SSSR count). The van der Waals surface area contributed by atoms with E-state index in [9.17, 15) is 10.2 Å². The van der Waals surface area contributed by atoms with E-state index in [1.54, 1.807) is 25.1 Å². The van der Waals surface area contributed by atoms with Gasteiger partial charge in [-0.05, 0) is 0 Å². The second-order valence-electron chi connectivity index (χ2n) is 3.59. The molecule has 0 bridgehead atoms. The molecule has 0 aliphatic heterocycles. The van der Waals surface area contributed by atoms with E-state index in [-0.39, 0.29) is 6.42 Å². The van der Waals surface area contributed by atoms with Crippen LogP contribution in [-0.4, -0.2) is 40.4 Å². The van der Waals surface area contributed by atoms with Gasteiger partial charge in [-0.2, -0.15) is 5.26 Å². The molecule has 2 atom stereocenters. The second-order valence-corrected chi connectivity index (χ2v) is 3.59. The quantitative estimate of drug-likeness (QED) is 0.736. The van der Waals surface area contributed by atoms with Crippen LogP contribution in [0, 0.1) is 11.3 Å². The minimum atomic E-state index is -1.13. The zero-order chi connectivity index (χ0) is 12.1. The smallest absolute Gasteiger partial charge is 0.224 e. The lowest BCUT2D eigenvalue weighted by molar-refractivity contribution is 0.0212. The highest BCUT2D eigenvalue weighted by atomic mass is 16.3. The molecule has 0 amide bonds. The van der Waals surface area contributed by atoms with Gasteiger partial charge in [-0.25, -0.2) is 9.97 Å². The van der Waals surface area contributed by atoms with Gasteiger partial charge in [0.15, 0.2) is 0 Å². The first kappa shape index (κ1) is 12.4. The maximum atomic E-state index is 9.65. The molecule has 16 heavy (non-hydrogen) atoms. The first-order valence-corrected chi connectivity index (χ1v) is 4.78. The minimum Gasteiger partial charge on any atom is -0.389 e. The summed E-state index contributed by atoms with van der Waals surface area (Å²) in [6, 6.07) is 1.79. The third-order valence-corrected chi connectivity index (χ3v) is 2.06. The molecule has 0 fully saturated rings. The topological polar surface area (TPSA) is 93.3 Å². The normalized spacial score (nSPS) is 13.9. The largest absolute Gasteiger partial charge is 0.389 e. The monoisotopic (exact) mass is 222 g/mol. The van der Waals surface area contributed by atoms with Crippen molar-refractivity contribution in [1.82, 2.24) is 9.97 Å². The lowest BCUT2D eigenvalue weighted by atomic mass is 10.1. The molecule has 0 radical (unpaired) electrons. The molecule has 0 saturated carbocycles. The summed E-state index contributed by atoms with van der Waals surface area (Å²) in [7, 11) is 3.60. The first-order chi connectivity index (χ1) is 7.56. The number of hydrogen-bond donors (Lipinski definition) is 2. The third kappa shape index (κ3) is 2.89. The fourth-order valence-corrected chi connectivity index (χ4v) is 1.14. The van der Waals surface area contributed by atoms with Crippen LogP contribution in [0.25, 0.3) is 0 Å². The van der Waals surface area contributed by atoms with E-state index in [0.29, 0.717) is 11.5 Å². The van der Waals surface area contributed by atoms with Crippen molar-refractivity contribution in [1.29, 1.82) is 5.26 Å². The van der Waals surface area contributed by atoms with E-state index in [4.69, 9.17) is 5.26 Å². The lowest BCUT2D eigenvalue weighted by Gasteiger charge is -2.16. The van der Waals surface area contributed by atoms with Crippen LogP contribution in [-0.2, 0) is 0 Å². The van der Waals surface area contributed by atoms with Gasteiger partial charge in [0.25, 0.3) is 0 Å². The number of nitriles is 1. The van der Waals surface area contributed by atoms with E-state index in [2.05, 4.69) is 9.97 Å². The van der Waals surface area contributed by atoms with Crippen LogP contribution in [0.1, 0.15) is 18.1 Å². The maximum Gasteiger partial charge on any atom is 0.224 e. The molecule has 2 unspecified atom stereocenters. The minimum absolute atomic E-state index is 0.128. The number of anilines is 1. The molecule has 0 aliphatic carbocycles. The Balaban J connectivity index is 2.78. The lowest BCUT2D eigenvalue weighted by Crippen LogP contribution is -2.19. The molecule has 2 N–H and O–H groups in total. The molecule has 0 aromatic carbocycles. The van der Waals surface area contributed by atoms with Gasteiger partial charge in [0.2, 0.25) is 5.95 Å². The van der Waals surface area contributed by atoms with Crippen molar-refractivity contribution in [3.8, 4) is 6.07 Å². The molecule has 86 valence electrons. The molecular formula is C10H14N4O2. The Bertz CT molecular complexity index is 371. The maximum absolute atomic E-state index is 9.65. The molecule has 1 heterocycles. The second kappa shape index (κ2) is 5.39. The van der Waals surface area contributed by atoms with Crippen molar-refractivity contribution in [3.63, 3.8) is 0 Å². The summed E-state index contributed by atoms with van der Waals surface area (Å²) >= 11 is 0. The molecule has 6 nitrogen and oxygen atoms in total.